The molecule has 1 aliphatic carbocycles. The standard InChI is InChI=1S/C17H28N2/c1-17(2,18)10-5-11-19(3)13-14-8-9-15-6-4-7-16(15)12-14/h8-9,12H,4-7,10-11,13,18H2,1-3H3. The van der Waals surface area contributed by atoms with Crippen LogP contribution in [0, 0.1) is 0 Å². The van der Waals surface area contributed by atoms with Crippen molar-refractivity contribution < 1.29 is 0 Å². The topological polar surface area (TPSA) is 29.3 Å². The molecule has 2 N–H and O–H groups in total. The Bertz CT molecular complexity index is 418. The molecule has 2 rings (SSSR count). The number of hydrogen-bond donors (Lipinski definition) is 1. The quantitative estimate of drug-likeness (QED) is 0.851. The molecular weight excluding hydrogens is 232 g/mol. The lowest BCUT2D eigenvalue weighted by Crippen LogP contribution is -2.33. The highest BCUT2D eigenvalue weighted by Gasteiger charge is 2.12. The van der Waals surface area contributed by atoms with Crippen molar-refractivity contribution in [3.05, 3.63) is 34.9 Å². The molecule has 2 heteroatoms. The second kappa shape index (κ2) is 6.06. The van der Waals surface area contributed by atoms with Crippen LogP contribution in [0.1, 0.15) is 49.8 Å². The van der Waals surface area contributed by atoms with Gasteiger partial charge in [0, 0.05) is 12.1 Å². The van der Waals surface area contributed by atoms with Crippen molar-refractivity contribution in [1.82, 2.24) is 4.90 Å². The first-order valence-corrected chi connectivity index (χ1v) is 7.52. The molecule has 1 aromatic carbocycles. The van der Waals surface area contributed by atoms with Crippen molar-refractivity contribution >= 4 is 0 Å². The number of nitrogens with zero attached hydrogens (tertiary/aromatic N) is 1. The smallest absolute Gasteiger partial charge is 0.0230 e. The SMILES string of the molecule is CN(CCCC(C)(C)N)Cc1ccc2c(c1)CCC2. The molecule has 2 nitrogen and oxygen atoms in total. The van der Waals surface area contributed by atoms with Gasteiger partial charge in [0.25, 0.3) is 0 Å². The minimum atomic E-state index is -0.0333. The van der Waals surface area contributed by atoms with Crippen molar-refractivity contribution in [2.45, 2.75) is 58.0 Å². The highest BCUT2D eigenvalue weighted by molar-refractivity contribution is 5.35. The molecule has 0 bridgehead atoms. The van der Waals surface area contributed by atoms with Crippen LogP contribution in [0.3, 0.4) is 0 Å². The molecule has 0 aliphatic heterocycles. The molecule has 0 spiro atoms. The van der Waals surface area contributed by atoms with Crippen LogP contribution in [0.4, 0.5) is 0 Å². The van der Waals surface area contributed by atoms with Gasteiger partial charge in [-0.3, -0.25) is 0 Å². The lowest BCUT2D eigenvalue weighted by molar-refractivity contribution is 0.303. The summed E-state index contributed by atoms with van der Waals surface area (Å²) >= 11 is 0. The van der Waals surface area contributed by atoms with Crippen LogP contribution in [-0.2, 0) is 19.4 Å². The average Bonchev–Trinajstić information content (AvgIpc) is 2.74. The van der Waals surface area contributed by atoms with Gasteiger partial charge in [0.15, 0.2) is 0 Å². The van der Waals surface area contributed by atoms with Crippen molar-refractivity contribution in [2.75, 3.05) is 13.6 Å². The first-order valence-electron chi connectivity index (χ1n) is 7.52. The fourth-order valence-corrected chi connectivity index (χ4v) is 2.92. The molecule has 0 aromatic heterocycles. The van der Waals surface area contributed by atoms with Gasteiger partial charge in [0.1, 0.15) is 0 Å². The van der Waals surface area contributed by atoms with E-state index in [1.807, 2.05) is 0 Å². The maximum absolute atomic E-state index is 6.02. The Hall–Kier alpha value is -0.860. The van der Waals surface area contributed by atoms with Gasteiger partial charge in [0.05, 0.1) is 0 Å². The first kappa shape index (κ1) is 14.5. The number of aryl methyl sites for hydroxylation is 2. The summed E-state index contributed by atoms with van der Waals surface area (Å²) in [7, 11) is 2.21. The van der Waals surface area contributed by atoms with E-state index in [-0.39, 0.29) is 5.54 Å². The van der Waals surface area contributed by atoms with E-state index in [0.717, 1.165) is 19.5 Å². The highest BCUT2D eigenvalue weighted by Crippen LogP contribution is 2.23. The van der Waals surface area contributed by atoms with Crippen LogP contribution in [-0.4, -0.2) is 24.0 Å². The van der Waals surface area contributed by atoms with Gasteiger partial charge in [-0.25, -0.2) is 0 Å². The predicted molar refractivity (Wildman–Crippen MR) is 82.3 cm³/mol. The molecule has 0 heterocycles. The summed E-state index contributed by atoms with van der Waals surface area (Å²) in [6.07, 6.45) is 6.14. The molecule has 0 atom stereocenters. The van der Waals surface area contributed by atoms with Crippen LogP contribution in [0.25, 0.3) is 0 Å². The first-order chi connectivity index (χ1) is 8.94. The van der Waals surface area contributed by atoms with Gasteiger partial charge < -0.3 is 10.6 Å². The third-order valence-electron chi connectivity index (χ3n) is 3.98. The van der Waals surface area contributed by atoms with Crippen LogP contribution in [0.5, 0.6) is 0 Å². The molecule has 0 radical (unpaired) electrons. The zero-order valence-electron chi connectivity index (χ0n) is 12.7. The van der Waals surface area contributed by atoms with Crippen molar-refractivity contribution in [1.29, 1.82) is 0 Å². The van der Waals surface area contributed by atoms with Gasteiger partial charge in [0.2, 0.25) is 0 Å². The molecule has 19 heavy (non-hydrogen) atoms. The number of rotatable bonds is 6. The monoisotopic (exact) mass is 260 g/mol. The predicted octanol–water partition coefficient (Wildman–Crippen LogP) is 3.12. The van der Waals surface area contributed by atoms with Gasteiger partial charge in [-0.05, 0) is 76.2 Å². The second-order valence-electron chi connectivity index (χ2n) is 6.79. The molecule has 0 saturated carbocycles. The summed E-state index contributed by atoms with van der Waals surface area (Å²) in [5.41, 5.74) is 10.6. The van der Waals surface area contributed by atoms with Crippen LogP contribution in [0.15, 0.2) is 18.2 Å². The molecule has 106 valence electrons. The normalized spacial score (nSPS) is 15.0. The fraction of sp³-hybridized carbons (Fsp3) is 0.647. The Balaban J connectivity index is 1.80. The largest absolute Gasteiger partial charge is 0.326 e. The Morgan fingerprint density at radius 2 is 1.95 bits per heavy atom. The van der Waals surface area contributed by atoms with Gasteiger partial charge >= 0.3 is 0 Å². The summed E-state index contributed by atoms with van der Waals surface area (Å²) < 4.78 is 0. The van der Waals surface area contributed by atoms with Crippen LogP contribution >= 0.6 is 0 Å². The lowest BCUT2D eigenvalue weighted by Gasteiger charge is -2.21. The molecule has 1 aliphatic rings. The summed E-state index contributed by atoms with van der Waals surface area (Å²) in [5, 5.41) is 0. The number of nitrogens with two attached hydrogens (primary N) is 1. The van der Waals surface area contributed by atoms with E-state index < -0.39 is 0 Å². The van der Waals surface area contributed by atoms with Gasteiger partial charge in [-0.2, -0.15) is 0 Å². The van der Waals surface area contributed by atoms with Crippen molar-refractivity contribution in [2.24, 2.45) is 5.73 Å². The van der Waals surface area contributed by atoms with Crippen LogP contribution in [0.2, 0.25) is 0 Å². The van der Waals surface area contributed by atoms with Crippen molar-refractivity contribution in [3.63, 3.8) is 0 Å². The minimum absolute atomic E-state index is 0.0333. The molecular formula is C17H28N2. The van der Waals surface area contributed by atoms with Gasteiger partial charge in [-0.1, -0.05) is 18.2 Å². The zero-order chi connectivity index (χ0) is 13.9. The maximum Gasteiger partial charge on any atom is 0.0230 e. The van der Waals surface area contributed by atoms with Crippen LogP contribution < -0.4 is 5.73 Å². The number of benzene rings is 1. The number of hydrogen-bond acceptors (Lipinski definition) is 2. The minimum Gasteiger partial charge on any atom is -0.326 e. The van der Waals surface area contributed by atoms with E-state index in [4.69, 9.17) is 5.73 Å². The Morgan fingerprint density at radius 3 is 2.68 bits per heavy atom. The molecule has 0 fully saturated rings. The third-order valence-corrected chi connectivity index (χ3v) is 3.98. The zero-order valence-corrected chi connectivity index (χ0v) is 12.7. The molecule has 0 amide bonds. The fourth-order valence-electron chi connectivity index (χ4n) is 2.92. The Labute approximate surface area is 118 Å². The van der Waals surface area contributed by atoms with E-state index in [1.54, 1.807) is 11.1 Å². The second-order valence-corrected chi connectivity index (χ2v) is 6.79. The van der Waals surface area contributed by atoms with Gasteiger partial charge in [-0.15, -0.1) is 0 Å². The average molecular weight is 260 g/mol. The third kappa shape index (κ3) is 4.63. The number of fused-ring (bicyclic) bond motifs is 1. The molecule has 0 unspecified atom stereocenters. The van der Waals surface area contributed by atoms with E-state index in [9.17, 15) is 0 Å². The molecule has 0 saturated heterocycles. The summed E-state index contributed by atoms with van der Waals surface area (Å²) in [4.78, 5) is 2.41. The summed E-state index contributed by atoms with van der Waals surface area (Å²) in [6, 6.07) is 7.04. The van der Waals surface area contributed by atoms with E-state index in [2.05, 4.69) is 44.0 Å². The Morgan fingerprint density at radius 1 is 1.21 bits per heavy atom. The Kier molecular flexibility index (Phi) is 4.64. The maximum atomic E-state index is 6.02. The molecule has 1 aromatic rings. The summed E-state index contributed by atoms with van der Waals surface area (Å²) in [5.74, 6) is 0. The van der Waals surface area contributed by atoms with E-state index in [1.165, 1.54) is 31.2 Å². The lowest BCUT2D eigenvalue weighted by atomic mass is 10.00. The highest BCUT2D eigenvalue weighted by atomic mass is 15.1. The van der Waals surface area contributed by atoms with Crippen molar-refractivity contribution in [3.8, 4) is 0 Å². The summed E-state index contributed by atoms with van der Waals surface area (Å²) in [6.45, 7) is 6.39. The van der Waals surface area contributed by atoms with E-state index >= 15 is 0 Å². The van der Waals surface area contributed by atoms with E-state index in [0.29, 0.717) is 0 Å².